The van der Waals surface area contributed by atoms with Crippen molar-refractivity contribution >= 4 is 57.5 Å². The van der Waals surface area contributed by atoms with Crippen molar-refractivity contribution < 1.29 is 40.7 Å². The standard InChI is InChI=1S/C27H22ClF6N5O3S/c28-19-4-3-17(20(12-19)27(32,33)34)14-39-21-5-2-16(10-18(21)13-35-39)11-22-23(40)36-24(43-22)37-6-1-7-38(9-8-37)25(41)42-15-26(29,30)31/h2-5,10-13H,1,6-9,14-15H2/b22-11-. The van der Waals surface area contributed by atoms with Gasteiger partial charge in [0.2, 0.25) is 0 Å². The Morgan fingerprint density at radius 2 is 1.84 bits per heavy atom. The van der Waals surface area contributed by atoms with Gasteiger partial charge in [-0.15, -0.1) is 0 Å². The molecule has 228 valence electrons. The number of hydrogen-bond acceptors (Lipinski definition) is 6. The summed E-state index contributed by atoms with van der Waals surface area (Å²) in [5.74, 6) is -0.469. The van der Waals surface area contributed by atoms with E-state index in [-0.39, 0.29) is 36.8 Å². The highest BCUT2D eigenvalue weighted by atomic mass is 35.5. The molecule has 2 aliphatic heterocycles. The molecule has 3 heterocycles. The zero-order chi connectivity index (χ0) is 30.9. The fourth-order valence-electron chi connectivity index (χ4n) is 4.64. The van der Waals surface area contributed by atoms with Crippen LogP contribution in [0.5, 0.6) is 0 Å². The van der Waals surface area contributed by atoms with Crippen LogP contribution in [0, 0.1) is 0 Å². The lowest BCUT2D eigenvalue weighted by Crippen LogP contribution is -2.37. The molecular formula is C27H22ClF6N5O3S. The van der Waals surface area contributed by atoms with Crippen molar-refractivity contribution in [2.24, 2.45) is 4.99 Å². The van der Waals surface area contributed by atoms with Crippen molar-refractivity contribution in [3.8, 4) is 0 Å². The first-order valence-electron chi connectivity index (χ1n) is 12.8. The van der Waals surface area contributed by atoms with E-state index in [1.807, 2.05) is 0 Å². The molecule has 16 heteroatoms. The minimum absolute atomic E-state index is 0.0144. The van der Waals surface area contributed by atoms with Crippen LogP contribution in [0.1, 0.15) is 23.1 Å². The van der Waals surface area contributed by atoms with Gasteiger partial charge in [0.05, 0.1) is 28.7 Å². The number of alkyl halides is 6. The second-order valence-corrected chi connectivity index (χ2v) is 11.2. The molecule has 5 rings (SSSR count). The number of amidine groups is 1. The number of amides is 2. The van der Waals surface area contributed by atoms with Gasteiger partial charge in [0.15, 0.2) is 11.8 Å². The predicted molar refractivity (Wildman–Crippen MR) is 148 cm³/mol. The number of fused-ring (bicyclic) bond motifs is 1. The number of aromatic nitrogens is 2. The summed E-state index contributed by atoms with van der Waals surface area (Å²) < 4.78 is 83.5. The molecule has 3 aromatic rings. The Balaban J connectivity index is 1.25. The Hall–Kier alpha value is -3.72. The first-order chi connectivity index (χ1) is 20.3. The van der Waals surface area contributed by atoms with E-state index >= 15 is 0 Å². The van der Waals surface area contributed by atoms with Crippen LogP contribution < -0.4 is 0 Å². The van der Waals surface area contributed by atoms with Crippen LogP contribution in [0.4, 0.5) is 31.1 Å². The zero-order valence-electron chi connectivity index (χ0n) is 22.1. The molecule has 1 saturated heterocycles. The number of ether oxygens (including phenoxy) is 1. The van der Waals surface area contributed by atoms with E-state index < -0.39 is 36.5 Å². The lowest BCUT2D eigenvalue weighted by molar-refractivity contribution is -0.162. The van der Waals surface area contributed by atoms with E-state index in [0.29, 0.717) is 39.5 Å². The average Bonchev–Trinajstić information content (AvgIpc) is 3.39. The number of halogens is 7. The van der Waals surface area contributed by atoms with E-state index in [9.17, 15) is 35.9 Å². The van der Waals surface area contributed by atoms with E-state index in [0.717, 1.165) is 17.8 Å². The van der Waals surface area contributed by atoms with Gasteiger partial charge in [-0.25, -0.2) is 4.79 Å². The van der Waals surface area contributed by atoms with Gasteiger partial charge in [0, 0.05) is 36.6 Å². The van der Waals surface area contributed by atoms with Crippen LogP contribution in [0.15, 0.2) is 52.5 Å². The van der Waals surface area contributed by atoms with Crippen LogP contribution in [-0.2, 0) is 22.3 Å². The Bertz CT molecular complexity index is 1620. The van der Waals surface area contributed by atoms with Crippen LogP contribution in [-0.4, -0.2) is 75.7 Å². The molecule has 2 aromatic carbocycles. The van der Waals surface area contributed by atoms with Crippen molar-refractivity contribution in [1.82, 2.24) is 19.6 Å². The predicted octanol–water partition coefficient (Wildman–Crippen LogP) is 6.43. The van der Waals surface area contributed by atoms with Crippen molar-refractivity contribution in [3.05, 3.63) is 69.2 Å². The third kappa shape index (κ3) is 7.44. The minimum atomic E-state index is -4.62. The molecule has 8 nitrogen and oxygen atoms in total. The normalized spacial score (nSPS) is 17.5. The lowest BCUT2D eigenvalue weighted by atomic mass is 10.1. The summed E-state index contributed by atoms with van der Waals surface area (Å²) in [5.41, 5.74) is 0.420. The lowest BCUT2D eigenvalue weighted by Gasteiger charge is -2.22. The summed E-state index contributed by atoms with van der Waals surface area (Å²) in [6, 6.07) is 8.75. The number of thioether (sulfide) groups is 1. The molecule has 1 aromatic heterocycles. The van der Waals surface area contributed by atoms with Crippen LogP contribution >= 0.6 is 23.4 Å². The first-order valence-corrected chi connectivity index (χ1v) is 14.0. The summed E-state index contributed by atoms with van der Waals surface area (Å²) in [6.07, 6.45) is -6.65. The van der Waals surface area contributed by atoms with E-state index in [1.54, 1.807) is 29.2 Å². The number of benzene rings is 2. The summed E-state index contributed by atoms with van der Waals surface area (Å²) in [6.45, 7) is -0.803. The molecule has 2 aliphatic rings. The summed E-state index contributed by atoms with van der Waals surface area (Å²) in [4.78, 5) is 32.1. The average molecular weight is 646 g/mol. The van der Waals surface area contributed by atoms with Crippen LogP contribution in [0.3, 0.4) is 0 Å². The minimum Gasteiger partial charge on any atom is -0.440 e. The zero-order valence-corrected chi connectivity index (χ0v) is 23.7. The molecule has 0 atom stereocenters. The molecule has 0 unspecified atom stereocenters. The van der Waals surface area contributed by atoms with Gasteiger partial charge in [-0.05, 0) is 59.7 Å². The summed E-state index contributed by atoms with van der Waals surface area (Å²) in [7, 11) is 0. The van der Waals surface area contributed by atoms with E-state index in [2.05, 4.69) is 14.8 Å². The van der Waals surface area contributed by atoms with E-state index in [1.165, 1.54) is 27.9 Å². The largest absolute Gasteiger partial charge is 0.440 e. The Morgan fingerprint density at radius 1 is 1.05 bits per heavy atom. The van der Waals surface area contributed by atoms with Crippen molar-refractivity contribution in [2.45, 2.75) is 25.3 Å². The third-order valence-electron chi connectivity index (χ3n) is 6.65. The van der Waals surface area contributed by atoms with Crippen molar-refractivity contribution in [2.75, 3.05) is 32.8 Å². The number of carbonyl (C=O) groups is 2. The van der Waals surface area contributed by atoms with Crippen LogP contribution in [0.25, 0.3) is 17.0 Å². The number of rotatable bonds is 4. The fraction of sp³-hybridized carbons (Fsp3) is 0.333. The number of carbonyl (C=O) groups excluding carboxylic acids is 2. The summed E-state index contributed by atoms with van der Waals surface area (Å²) >= 11 is 6.92. The quantitative estimate of drug-likeness (QED) is 0.240. The molecule has 0 bridgehead atoms. The monoisotopic (exact) mass is 645 g/mol. The third-order valence-corrected chi connectivity index (χ3v) is 7.93. The Morgan fingerprint density at radius 3 is 2.58 bits per heavy atom. The van der Waals surface area contributed by atoms with Gasteiger partial charge in [-0.1, -0.05) is 23.7 Å². The molecule has 0 spiro atoms. The first kappa shape index (κ1) is 30.7. The Kier molecular flexibility index (Phi) is 8.65. The topological polar surface area (TPSA) is 80.0 Å². The number of nitrogens with zero attached hydrogens (tertiary/aromatic N) is 5. The summed E-state index contributed by atoms with van der Waals surface area (Å²) in [5, 5.41) is 5.30. The second-order valence-electron chi connectivity index (χ2n) is 9.73. The fourth-order valence-corrected chi connectivity index (χ4v) is 5.78. The molecule has 2 amide bonds. The number of hydrogen-bond donors (Lipinski definition) is 0. The highest BCUT2D eigenvalue weighted by molar-refractivity contribution is 8.18. The molecular weight excluding hydrogens is 624 g/mol. The van der Waals surface area contributed by atoms with E-state index in [4.69, 9.17) is 11.6 Å². The smallest absolute Gasteiger partial charge is 0.422 e. The maximum absolute atomic E-state index is 13.5. The maximum atomic E-state index is 13.5. The van der Waals surface area contributed by atoms with Gasteiger partial charge >= 0.3 is 18.4 Å². The van der Waals surface area contributed by atoms with Crippen molar-refractivity contribution in [1.29, 1.82) is 0 Å². The van der Waals surface area contributed by atoms with Crippen LogP contribution in [0.2, 0.25) is 5.02 Å². The van der Waals surface area contributed by atoms with Gasteiger partial charge in [-0.3, -0.25) is 9.48 Å². The van der Waals surface area contributed by atoms with Gasteiger partial charge < -0.3 is 14.5 Å². The van der Waals surface area contributed by atoms with Gasteiger partial charge in [0.25, 0.3) is 5.91 Å². The van der Waals surface area contributed by atoms with Crippen molar-refractivity contribution in [3.63, 3.8) is 0 Å². The number of aliphatic imine (C=N–C) groups is 1. The van der Waals surface area contributed by atoms with Gasteiger partial charge in [-0.2, -0.15) is 36.4 Å². The molecule has 1 fully saturated rings. The maximum Gasteiger partial charge on any atom is 0.422 e. The SMILES string of the molecule is O=C1N=C(N2CCCN(C(=O)OCC(F)(F)F)CC2)S/C1=C\c1ccc2c(cnn2Cc2ccc(Cl)cc2C(F)(F)F)c1. The molecule has 43 heavy (non-hydrogen) atoms. The highest BCUT2D eigenvalue weighted by Crippen LogP contribution is 2.35. The molecule has 0 radical (unpaired) electrons. The molecule has 0 N–H and O–H groups in total. The second kappa shape index (κ2) is 12.1. The molecule has 0 aliphatic carbocycles. The van der Waals surface area contributed by atoms with Gasteiger partial charge in [0.1, 0.15) is 0 Å². The highest BCUT2D eigenvalue weighted by Gasteiger charge is 2.34. The Labute approximate surface area is 249 Å². The molecule has 0 saturated carbocycles.